The molecule has 3 aromatic rings. The number of aromatic hydroxyl groups is 1. The summed E-state index contributed by atoms with van der Waals surface area (Å²) in [5.41, 5.74) is 1.79. The van der Waals surface area contributed by atoms with Crippen molar-refractivity contribution in [2.75, 3.05) is 6.54 Å². The van der Waals surface area contributed by atoms with Crippen LogP contribution in [0.5, 0.6) is 5.75 Å². The van der Waals surface area contributed by atoms with E-state index in [-0.39, 0.29) is 18.1 Å². The van der Waals surface area contributed by atoms with E-state index < -0.39 is 0 Å². The number of thiazole rings is 1. The van der Waals surface area contributed by atoms with Crippen LogP contribution in [-0.2, 0) is 17.8 Å². The molecule has 3 heterocycles. The van der Waals surface area contributed by atoms with Crippen LogP contribution in [0, 0.1) is 25.2 Å². The standard InChI is InChI=1S/C19H20N6O2S/c1-12-14(9-20)10-23-17(18(12)27)19-24-15(13(2)28-19)8-16(26)22-4-3-6-25-7-5-21-11-25/h5,7,10-11,27H,3-4,6,8H2,1-2H3,(H,22,26). The first-order chi connectivity index (χ1) is 13.5. The summed E-state index contributed by atoms with van der Waals surface area (Å²) in [5, 5.41) is 22.8. The summed E-state index contributed by atoms with van der Waals surface area (Å²) in [6.45, 7) is 4.92. The number of aryl methyl sites for hydroxylation is 2. The van der Waals surface area contributed by atoms with E-state index in [1.807, 2.05) is 23.8 Å². The summed E-state index contributed by atoms with van der Waals surface area (Å²) in [6, 6.07) is 1.99. The Bertz CT molecular complexity index is 1020. The number of imidazole rings is 1. The van der Waals surface area contributed by atoms with Gasteiger partial charge in [-0.2, -0.15) is 5.26 Å². The minimum atomic E-state index is -0.0984. The number of nitrogens with zero attached hydrogens (tertiary/aromatic N) is 5. The molecule has 0 aromatic carbocycles. The number of carbonyl (C=O) groups is 1. The molecule has 0 atom stereocenters. The monoisotopic (exact) mass is 396 g/mol. The SMILES string of the molecule is Cc1sc(-c2ncc(C#N)c(C)c2O)nc1CC(=O)NCCCn1ccnc1. The van der Waals surface area contributed by atoms with Crippen molar-refractivity contribution in [2.45, 2.75) is 33.2 Å². The first-order valence-corrected chi connectivity index (χ1v) is 9.59. The molecule has 0 saturated heterocycles. The van der Waals surface area contributed by atoms with Gasteiger partial charge in [-0.25, -0.2) is 15.0 Å². The number of carbonyl (C=O) groups excluding carboxylic acids is 1. The topological polar surface area (TPSA) is 117 Å². The highest BCUT2D eigenvalue weighted by Crippen LogP contribution is 2.35. The summed E-state index contributed by atoms with van der Waals surface area (Å²) in [7, 11) is 0. The van der Waals surface area contributed by atoms with Crippen LogP contribution in [0.4, 0.5) is 0 Å². The third kappa shape index (κ3) is 4.35. The molecule has 0 radical (unpaired) electrons. The summed E-state index contributed by atoms with van der Waals surface area (Å²) in [5.74, 6) is -0.151. The Morgan fingerprint density at radius 2 is 2.25 bits per heavy atom. The maximum absolute atomic E-state index is 12.2. The van der Waals surface area contributed by atoms with Crippen LogP contribution in [0.2, 0.25) is 0 Å². The Morgan fingerprint density at radius 1 is 1.43 bits per heavy atom. The molecule has 0 bridgehead atoms. The zero-order valence-corrected chi connectivity index (χ0v) is 16.5. The molecule has 3 aromatic heterocycles. The van der Waals surface area contributed by atoms with Crippen LogP contribution in [0.25, 0.3) is 10.7 Å². The second kappa shape index (κ2) is 8.63. The van der Waals surface area contributed by atoms with Gasteiger partial charge in [0.05, 0.1) is 24.0 Å². The molecule has 0 spiro atoms. The van der Waals surface area contributed by atoms with Crippen molar-refractivity contribution < 1.29 is 9.90 Å². The molecule has 0 aliphatic carbocycles. The van der Waals surface area contributed by atoms with Gasteiger partial charge in [-0.15, -0.1) is 11.3 Å². The number of pyridine rings is 1. The predicted molar refractivity (Wildman–Crippen MR) is 105 cm³/mol. The van der Waals surface area contributed by atoms with Crippen molar-refractivity contribution in [3.63, 3.8) is 0 Å². The summed E-state index contributed by atoms with van der Waals surface area (Å²) in [6.07, 6.45) is 7.76. The van der Waals surface area contributed by atoms with E-state index in [1.54, 1.807) is 19.4 Å². The molecule has 0 aliphatic rings. The van der Waals surface area contributed by atoms with E-state index in [0.717, 1.165) is 17.8 Å². The predicted octanol–water partition coefficient (Wildman–Crippen LogP) is 2.34. The smallest absolute Gasteiger partial charge is 0.226 e. The molecule has 144 valence electrons. The van der Waals surface area contributed by atoms with Gasteiger partial charge in [-0.1, -0.05) is 0 Å². The average Bonchev–Trinajstić information content (AvgIpc) is 3.31. The van der Waals surface area contributed by atoms with Crippen LogP contribution < -0.4 is 5.32 Å². The van der Waals surface area contributed by atoms with E-state index in [9.17, 15) is 9.90 Å². The number of nitriles is 1. The maximum Gasteiger partial charge on any atom is 0.226 e. The van der Waals surface area contributed by atoms with Gasteiger partial charge < -0.3 is 15.0 Å². The van der Waals surface area contributed by atoms with Gasteiger partial charge >= 0.3 is 0 Å². The number of amides is 1. The summed E-state index contributed by atoms with van der Waals surface area (Å²) in [4.78, 5) is 25.7. The van der Waals surface area contributed by atoms with E-state index >= 15 is 0 Å². The Labute approximate surface area is 166 Å². The molecule has 1 amide bonds. The largest absolute Gasteiger partial charge is 0.505 e. The number of hydrogen-bond donors (Lipinski definition) is 2. The van der Waals surface area contributed by atoms with Crippen LogP contribution >= 0.6 is 11.3 Å². The van der Waals surface area contributed by atoms with Crippen molar-refractivity contribution in [1.82, 2.24) is 24.8 Å². The van der Waals surface area contributed by atoms with Crippen LogP contribution in [0.1, 0.15) is 28.1 Å². The lowest BCUT2D eigenvalue weighted by molar-refractivity contribution is -0.120. The number of nitrogens with one attached hydrogen (secondary N) is 1. The lowest BCUT2D eigenvalue weighted by Crippen LogP contribution is -2.27. The average molecular weight is 396 g/mol. The van der Waals surface area contributed by atoms with Crippen LogP contribution in [-0.4, -0.2) is 37.1 Å². The highest BCUT2D eigenvalue weighted by atomic mass is 32.1. The van der Waals surface area contributed by atoms with Crippen molar-refractivity contribution in [1.29, 1.82) is 5.26 Å². The van der Waals surface area contributed by atoms with Gasteiger partial charge in [0.1, 0.15) is 22.5 Å². The molecule has 28 heavy (non-hydrogen) atoms. The molecular weight excluding hydrogens is 376 g/mol. The Balaban J connectivity index is 1.62. The fraction of sp³-hybridized carbons (Fsp3) is 0.316. The molecule has 2 N–H and O–H groups in total. The molecule has 8 nitrogen and oxygen atoms in total. The molecular formula is C19H20N6O2S. The third-order valence-corrected chi connectivity index (χ3v) is 5.34. The van der Waals surface area contributed by atoms with Crippen molar-refractivity contribution in [3.8, 4) is 22.5 Å². The molecule has 0 fully saturated rings. The maximum atomic E-state index is 12.2. The van der Waals surface area contributed by atoms with Gasteiger partial charge in [-0.3, -0.25) is 4.79 Å². The van der Waals surface area contributed by atoms with Gasteiger partial charge in [0.25, 0.3) is 0 Å². The molecule has 0 aliphatic heterocycles. The quantitative estimate of drug-likeness (QED) is 0.592. The highest BCUT2D eigenvalue weighted by Gasteiger charge is 2.18. The second-order valence-corrected chi connectivity index (χ2v) is 7.51. The summed E-state index contributed by atoms with van der Waals surface area (Å²) >= 11 is 1.37. The van der Waals surface area contributed by atoms with Crippen LogP contribution in [0.15, 0.2) is 24.9 Å². The molecule has 0 saturated carbocycles. The van der Waals surface area contributed by atoms with Gasteiger partial charge in [0, 0.05) is 42.1 Å². The van der Waals surface area contributed by atoms with Crippen LogP contribution in [0.3, 0.4) is 0 Å². The van der Waals surface area contributed by atoms with Crippen molar-refractivity contribution in [2.24, 2.45) is 0 Å². The van der Waals surface area contributed by atoms with E-state index in [2.05, 4.69) is 20.3 Å². The lowest BCUT2D eigenvalue weighted by atomic mass is 10.1. The first-order valence-electron chi connectivity index (χ1n) is 8.77. The fourth-order valence-corrected chi connectivity index (χ4v) is 3.61. The minimum Gasteiger partial charge on any atom is -0.505 e. The van der Waals surface area contributed by atoms with E-state index in [0.29, 0.717) is 34.1 Å². The summed E-state index contributed by atoms with van der Waals surface area (Å²) < 4.78 is 1.96. The number of hydrogen-bond acceptors (Lipinski definition) is 7. The normalized spacial score (nSPS) is 10.6. The first kappa shape index (κ1) is 19.5. The number of aromatic nitrogens is 4. The van der Waals surface area contributed by atoms with Crippen molar-refractivity contribution in [3.05, 3.63) is 46.6 Å². The fourth-order valence-electron chi connectivity index (χ4n) is 2.68. The van der Waals surface area contributed by atoms with Gasteiger partial charge in [0.2, 0.25) is 5.91 Å². The Hall–Kier alpha value is -3.25. The van der Waals surface area contributed by atoms with Gasteiger partial charge in [0.15, 0.2) is 0 Å². The number of rotatable bonds is 7. The zero-order chi connectivity index (χ0) is 20.1. The Kier molecular flexibility index (Phi) is 6.01. The second-order valence-electron chi connectivity index (χ2n) is 6.31. The van der Waals surface area contributed by atoms with Gasteiger partial charge in [-0.05, 0) is 20.3 Å². The zero-order valence-electron chi connectivity index (χ0n) is 15.6. The lowest BCUT2D eigenvalue weighted by Gasteiger charge is -2.05. The van der Waals surface area contributed by atoms with E-state index in [1.165, 1.54) is 17.5 Å². The van der Waals surface area contributed by atoms with E-state index in [4.69, 9.17) is 5.26 Å². The molecule has 0 unspecified atom stereocenters. The highest BCUT2D eigenvalue weighted by molar-refractivity contribution is 7.15. The Morgan fingerprint density at radius 3 is 2.96 bits per heavy atom. The molecule has 9 heteroatoms. The molecule has 3 rings (SSSR count). The third-order valence-electron chi connectivity index (χ3n) is 4.32. The van der Waals surface area contributed by atoms with Crippen molar-refractivity contribution >= 4 is 17.2 Å². The minimum absolute atomic E-state index is 0.0525.